The van der Waals surface area contributed by atoms with Crippen LogP contribution >= 0.6 is 0 Å². The van der Waals surface area contributed by atoms with Gasteiger partial charge in [-0.1, -0.05) is 30.5 Å². The Morgan fingerprint density at radius 2 is 1.98 bits per heavy atom. The van der Waals surface area contributed by atoms with E-state index in [-0.39, 0.29) is 29.6 Å². The molecule has 0 aliphatic heterocycles. The first-order chi connectivity index (χ1) is 20.5. The summed E-state index contributed by atoms with van der Waals surface area (Å²) >= 11 is 0. The lowest BCUT2D eigenvalue weighted by Gasteiger charge is -2.58. The number of terminal acetylenes is 1. The van der Waals surface area contributed by atoms with Crippen LogP contribution in [0.1, 0.15) is 70.8 Å². The highest BCUT2D eigenvalue weighted by atomic mass is 16.6. The summed E-state index contributed by atoms with van der Waals surface area (Å²) in [6.45, 7) is 4.22. The maximum absolute atomic E-state index is 12.6. The first kappa shape index (κ1) is 29.3. The Labute approximate surface area is 251 Å². The van der Waals surface area contributed by atoms with Gasteiger partial charge in [0, 0.05) is 35.0 Å². The molecule has 0 saturated heterocycles. The van der Waals surface area contributed by atoms with Crippen molar-refractivity contribution in [3.05, 3.63) is 41.6 Å². The molecule has 4 aliphatic rings. The molecule has 9 heteroatoms. The average Bonchev–Trinajstić information content (AvgIpc) is 3.49. The van der Waals surface area contributed by atoms with E-state index >= 15 is 0 Å². The zero-order chi connectivity index (χ0) is 30.6. The highest BCUT2D eigenvalue weighted by molar-refractivity contribution is 5.96. The predicted octanol–water partition coefficient (Wildman–Crippen LogP) is 4.69. The van der Waals surface area contributed by atoms with Crippen LogP contribution in [0.5, 0.6) is 5.75 Å². The topological polar surface area (TPSA) is 144 Å². The van der Waals surface area contributed by atoms with Crippen molar-refractivity contribution in [1.29, 1.82) is 0 Å². The van der Waals surface area contributed by atoms with Crippen molar-refractivity contribution in [3.63, 3.8) is 0 Å². The Balaban J connectivity index is 1.07. The first-order valence-corrected chi connectivity index (χ1v) is 15.4. The molecule has 1 heterocycles. The number of aromatic hydroxyl groups is 1. The molecule has 0 spiro atoms. The molecular formula is C34H41N3O6. The third-order valence-electron chi connectivity index (χ3n) is 11.6. The largest absolute Gasteiger partial charge is 0.508 e. The van der Waals surface area contributed by atoms with Crippen LogP contribution in [0.2, 0.25) is 0 Å². The Kier molecular flexibility index (Phi) is 7.32. The molecule has 4 aliphatic carbocycles. The maximum atomic E-state index is 12.6. The fourth-order valence-corrected chi connectivity index (χ4v) is 9.07. The SMILES string of the molecule is C#C[C@]1(O)CC[C@@H]2[C@@H]3CCC4=CC(=NOCC(=O)N[C@@H](Cc5c[nH]c6cc(O)ccc56)C(=O)O)CC[C@]4(C)[C@H]3CC[C@@]21C. The number of allylic oxidation sites excluding steroid dienone is 2. The van der Waals surface area contributed by atoms with Gasteiger partial charge < -0.3 is 30.5 Å². The van der Waals surface area contributed by atoms with E-state index in [1.165, 1.54) is 11.6 Å². The van der Waals surface area contributed by atoms with Crippen LogP contribution in [-0.4, -0.2) is 56.1 Å². The van der Waals surface area contributed by atoms with Crippen LogP contribution in [0, 0.1) is 40.9 Å². The summed E-state index contributed by atoms with van der Waals surface area (Å²) in [5.41, 5.74) is 2.46. The van der Waals surface area contributed by atoms with Crippen molar-refractivity contribution in [3.8, 4) is 18.1 Å². The van der Waals surface area contributed by atoms with Gasteiger partial charge in [0.15, 0.2) is 6.61 Å². The Bertz CT molecular complexity index is 1550. The van der Waals surface area contributed by atoms with Crippen molar-refractivity contribution < 1.29 is 29.7 Å². The number of phenols is 1. The molecule has 0 radical (unpaired) electrons. The number of fused-ring (bicyclic) bond motifs is 6. The smallest absolute Gasteiger partial charge is 0.326 e. The normalized spacial score (nSPS) is 34.8. The third-order valence-corrected chi connectivity index (χ3v) is 11.6. The standard InChI is InChI=1S/C34H41N3O6/c1-4-34(42)14-11-27-25-7-5-21-16-22(9-12-32(21,2)26(25)10-13-33(27,34)3)37-43-19-30(39)36-29(31(40)41)15-20-18-35-28-17-23(38)6-8-24(20)28/h1,6,8,16-18,25-27,29,35,38,42H,5,7,9-15,19H2,2-3H3,(H,36,39)(H,40,41)/t25-,26+,27-,29+,32+,33+,34+/m1/s1. The van der Waals surface area contributed by atoms with E-state index in [2.05, 4.69) is 41.3 Å². The number of amides is 1. The number of hydrogen-bond donors (Lipinski definition) is 5. The molecule has 1 aromatic heterocycles. The van der Waals surface area contributed by atoms with Gasteiger partial charge in [-0.2, -0.15) is 0 Å². The second-order valence-corrected chi connectivity index (χ2v) is 13.6. The molecule has 1 aromatic carbocycles. The summed E-state index contributed by atoms with van der Waals surface area (Å²) in [4.78, 5) is 32.9. The molecule has 3 saturated carbocycles. The van der Waals surface area contributed by atoms with Crippen LogP contribution in [-0.2, 0) is 20.8 Å². The van der Waals surface area contributed by atoms with Gasteiger partial charge in [0.2, 0.25) is 0 Å². The first-order valence-electron chi connectivity index (χ1n) is 15.4. The highest BCUT2D eigenvalue weighted by Crippen LogP contribution is 2.67. The number of nitrogens with one attached hydrogen (secondary N) is 2. The van der Waals surface area contributed by atoms with Crippen molar-refractivity contribution in [2.24, 2.45) is 33.7 Å². The third kappa shape index (κ3) is 4.90. The van der Waals surface area contributed by atoms with E-state index in [0.29, 0.717) is 29.7 Å². The molecule has 0 unspecified atom stereocenters. The van der Waals surface area contributed by atoms with Crippen LogP contribution in [0.15, 0.2) is 41.2 Å². The number of aromatic amines is 1. The number of carbonyl (C=O) groups excluding carboxylic acids is 1. The summed E-state index contributed by atoms with van der Waals surface area (Å²) in [7, 11) is 0. The number of aliphatic carboxylic acids is 1. The lowest BCUT2D eigenvalue weighted by Crippen LogP contribution is -2.54. The van der Waals surface area contributed by atoms with Crippen LogP contribution < -0.4 is 5.32 Å². The average molecular weight is 588 g/mol. The zero-order valence-electron chi connectivity index (χ0n) is 24.9. The quantitative estimate of drug-likeness (QED) is 0.235. The Morgan fingerprint density at radius 1 is 1.19 bits per heavy atom. The number of aliphatic hydroxyl groups is 1. The lowest BCUT2D eigenvalue weighted by molar-refractivity contribution is -0.142. The number of phenolic OH excluding ortho intramolecular Hbond substituents is 1. The summed E-state index contributed by atoms with van der Waals surface area (Å²) in [6, 6.07) is 3.68. The number of oxime groups is 1. The molecule has 9 nitrogen and oxygen atoms in total. The number of carboxylic acid groups (broad SMARTS) is 1. The maximum Gasteiger partial charge on any atom is 0.326 e. The molecule has 228 valence electrons. The highest BCUT2D eigenvalue weighted by Gasteiger charge is 2.63. The number of aromatic nitrogens is 1. The Morgan fingerprint density at radius 3 is 2.74 bits per heavy atom. The van der Waals surface area contributed by atoms with Crippen molar-refractivity contribution in [1.82, 2.24) is 10.3 Å². The number of H-pyrrole nitrogens is 1. The fraction of sp³-hybridized carbons (Fsp3) is 0.559. The van der Waals surface area contributed by atoms with Gasteiger partial charge in [0.05, 0.1) is 5.71 Å². The number of nitrogens with zero attached hydrogens (tertiary/aromatic N) is 1. The van der Waals surface area contributed by atoms with E-state index in [1.54, 1.807) is 18.3 Å². The van der Waals surface area contributed by atoms with Crippen LogP contribution in [0.25, 0.3) is 10.9 Å². The molecule has 43 heavy (non-hydrogen) atoms. The second-order valence-electron chi connectivity index (χ2n) is 13.6. The van der Waals surface area contributed by atoms with Crippen molar-refractivity contribution >= 4 is 28.5 Å². The minimum atomic E-state index is -1.15. The number of hydrogen-bond acceptors (Lipinski definition) is 6. The van der Waals surface area contributed by atoms with E-state index in [0.717, 1.165) is 61.6 Å². The second kappa shape index (κ2) is 10.7. The van der Waals surface area contributed by atoms with E-state index in [1.807, 2.05) is 0 Å². The number of rotatable bonds is 7. The van der Waals surface area contributed by atoms with Gasteiger partial charge >= 0.3 is 5.97 Å². The van der Waals surface area contributed by atoms with E-state index in [4.69, 9.17) is 11.3 Å². The molecule has 6 rings (SSSR count). The molecule has 1 amide bonds. The molecule has 5 N–H and O–H groups in total. The van der Waals surface area contributed by atoms with Crippen LogP contribution in [0.3, 0.4) is 0 Å². The summed E-state index contributed by atoms with van der Waals surface area (Å²) in [5, 5.41) is 38.2. The summed E-state index contributed by atoms with van der Waals surface area (Å²) in [6.07, 6.45) is 17.2. The van der Waals surface area contributed by atoms with E-state index in [9.17, 15) is 24.9 Å². The van der Waals surface area contributed by atoms with Gasteiger partial charge in [0.1, 0.15) is 17.4 Å². The van der Waals surface area contributed by atoms with E-state index < -0.39 is 23.5 Å². The van der Waals surface area contributed by atoms with Gasteiger partial charge in [0.25, 0.3) is 5.91 Å². The zero-order valence-corrected chi connectivity index (χ0v) is 24.9. The van der Waals surface area contributed by atoms with Crippen molar-refractivity contribution in [2.75, 3.05) is 6.61 Å². The molecule has 0 bridgehead atoms. The molecule has 3 fully saturated rings. The van der Waals surface area contributed by atoms with Crippen LogP contribution in [0.4, 0.5) is 0 Å². The molecular weight excluding hydrogens is 546 g/mol. The Hall–Kier alpha value is -3.77. The van der Waals surface area contributed by atoms with Crippen molar-refractivity contribution in [2.45, 2.75) is 83.3 Å². The molecule has 7 atom stereocenters. The lowest BCUT2D eigenvalue weighted by atomic mass is 9.46. The molecule has 2 aromatic rings. The summed E-state index contributed by atoms with van der Waals surface area (Å²) < 4.78 is 0. The summed E-state index contributed by atoms with van der Waals surface area (Å²) in [5.74, 6) is 2.71. The van der Waals surface area contributed by atoms with Gasteiger partial charge in [-0.05, 0) is 98.3 Å². The monoisotopic (exact) mass is 587 g/mol. The number of carboxylic acids is 1. The fourth-order valence-electron chi connectivity index (χ4n) is 9.07. The predicted molar refractivity (Wildman–Crippen MR) is 162 cm³/mol. The number of carbonyl (C=O) groups is 2. The van der Waals surface area contributed by atoms with Gasteiger partial charge in [-0.3, -0.25) is 4.79 Å². The minimum absolute atomic E-state index is 0.0767. The number of benzene rings is 1. The minimum Gasteiger partial charge on any atom is -0.508 e. The van der Waals surface area contributed by atoms with Gasteiger partial charge in [-0.15, -0.1) is 6.42 Å². The van der Waals surface area contributed by atoms with Gasteiger partial charge in [-0.25, -0.2) is 4.79 Å².